The minimum Gasteiger partial charge on any atom is -0.320 e. The first-order chi connectivity index (χ1) is 10.3. The fourth-order valence-corrected chi connectivity index (χ4v) is 2.06. The number of carbonyl (C=O) groups is 1. The maximum absolute atomic E-state index is 12.1. The lowest BCUT2D eigenvalue weighted by Gasteiger charge is -2.22. The Hall–Kier alpha value is -1.39. The highest BCUT2D eigenvalue weighted by Gasteiger charge is 2.13. The van der Waals surface area contributed by atoms with Gasteiger partial charge in [0.05, 0.1) is 0 Å². The number of hydrogen-bond donors (Lipinski definition) is 1. The Morgan fingerprint density at radius 3 is 2.62 bits per heavy atom. The second kappa shape index (κ2) is 11.3. The molecular weight excluding hydrogens is 264 g/mol. The lowest BCUT2D eigenvalue weighted by atomic mass is 10.2. The Balaban J connectivity index is 2.38. The molecule has 0 fully saturated rings. The van der Waals surface area contributed by atoms with E-state index in [4.69, 9.17) is 4.84 Å². The summed E-state index contributed by atoms with van der Waals surface area (Å²) < 4.78 is 0. The van der Waals surface area contributed by atoms with Crippen LogP contribution in [0.2, 0.25) is 0 Å². The normalized spacial score (nSPS) is 10.6. The molecular formula is C17H28N2O2. The Bertz CT molecular complexity index is 382. The van der Waals surface area contributed by atoms with Crippen molar-refractivity contribution in [3.63, 3.8) is 0 Å². The van der Waals surface area contributed by atoms with E-state index in [2.05, 4.69) is 5.32 Å². The molecule has 1 rings (SSSR count). The predicted molar refractivity (Wildman–Crippen MR) is 85.6 cm³/mol. The van der Waals surface area contributed by atoms with Gasteiger partial charge in [-0.3, -0.25) is 9.63 Å². The first-order valence-corrected chi connectivity index (χ1v) is 7.89. The maximum Gasteiger partial charge on any atom is 0.246 e. The highest BCUT2D eigenvalue weighted by molar-refractivity contribution is 5.74. The third-order valence-corrected chi connectivity index (χ3v) is 3.26. The molecule has 0 bridgehead atoms. The van der Waals surface area contributed by atoms with E-state index in [1.165, 1.54) is 0 Å². The molecule has 0 radical (unpaired) electrons. The molecule has 0 aliphatic carbocycles. The van der Waals surface area contributed by atoms with Crippen LogP contribution in [-0.4, -0.2) is 31.1 Å². The van der Waals surface area contributed by atoms with Gasteiger partial charge < -0.3 is 5.32 Å². The predicted octanol–water partition coefficient (Wildman–Crippen LogP) is 3.14. The minimum atomic E-state index is 0.0852. The largest absolute Gasteiger partial charge is 0.320 e. The Morgan fingerprint density at radius 2 is 1.95 bits per heavy atom. The van der Waals surface area contributed by atoms with Crippen LogP contribution in [0.5, 0.6) is 0 Å². The highest BCUT2D eigenvalue weighted by Crippen LogP contribution is 2.08. The van der Waals surface area contributed by atoms with Crippen LogP contribution in [0.1, 0.15) is 44.6 Å². The molecule has 0 saturated heterocycles. The molecule has 0 aliphatic rings. The molecule has 0 saturated carbocycles. The topological polar surface area (TPSA) is 41.6 Å². The van der Waals surface area contributed by atoms with Crippen molar-refractivity contribution >= 4 is 5.91 Å². The Labute approximate surface area is 128 Å². The zero-order chi connectivity index (χ0) is 15.3. The smallest absolute Gasteiger partial charge is 0.246 e. The van der Waals surface area contributed by atoms with Gasteiger partial charge in [-0.2, -0.15) is 0 Å². The van der Waals surface area contributed by atoms with Crippen LogP contribution >= 0.6 is 0 Å². The third kappa shape index (κ3) is 7.83. The van der Waals surface area contributed by atoms with Crippen molar-refractivity contribution < 1.29 is 9.63 Å². The first kappa shape index (κ1) is 17.7. The molecule has 1 N–H and O–H groups in total. The van der Waals surface area contributed by atoms with Crippen molar-refractivity contribution in [1.29, 1.82) is 0 Å². The number of benzene rings is 1. The number of amides is 1. The number of unbranched alkanes of at least 4 members (excludes halogenated alkanes) is 2. The third-order valence-electron chi connectivity index (χ3n) is 3.26. The number of nitrogens with zero attached hydrogens (tertiary/aromatic N) is 1. The second-order valence-corrected chi connectivity index (χ2v) is 5.17. The summed E-state index contributed by atoms with van der Waals surface area (Å²) >= 11 is 0. The molecule has 0 atom stereocenters. The van der Waals surface area contributed by atoms with Crippen molar-refractivity contribution in [2.24, 2.45) is 0 Å². The maximum atomic E-state index is 12.1. The van der Waals surface area contributed by atoms with Crippen molar-refractivity contribution in [3.05, 3.63) is 35.9 Å². The van der Waals surface area contributed by atoms with E-state index in [0.29, 0.717) is 19.6 Å². The number of hydroxylamine groups is 2. The average Bonchev–Trinajstić information content (AvgIpc) is 2.51. The number of rotatable bonds is 11. The molecule has 0 aliphatic heterocycles. The average molecular weight is 292 g/mol. The van der Waals surface area contributed by atoms with Gasteiger partial charge in [-0.25, -0.2) is 5.06 Å². The summed E-state index contributed by atoms with van der Waals surface area (Å²) in [5, 5.41) is 4.69. The van der Waals surface area contributed by atoms with E-state index < -0.39 is 0 Å². The lowest BCUT2D eigenvalue weighted by molar-refractivity contribution is -0.192. The monoisotopic (exact) mass is 292 g/mol. The number of nitrogens with one attached hydrogen (secondary N) is 1. The Morgan fingerprint density at radius 1 is 1.19 bits per heavy atom. The van der Waals surface area contributed by atoms with Crippen LogP contribution in [0.25, 0.3) is 0 Å². The molecule has 0 unspecified atom stereocenters. The standard InChI is InChI=1S/C17H28N2O2/c1-3-10-17(20)19(14-9-5-8-13-18-2)21-15-16-11-6-4-7-12-16/h4,6-7,11-12,18H,3,5,8-10,13-15H2,1-2H3. The van der Waals surface area contributed by atoms with E-state index in [9.17, 15) is 4.79 Å². The zero-order valence-corrected chi connectivity index (χ0v) is 13.3. The fourth-order valence-electron chi connectivity index (χ4n) is 2.06. The van der Waals surface area contributed by atoms with Crippen LogP contribution in [-0.2, 0) is 16.2 Å². The molecule has 0 heterocycles. The van der Waals surface area contributed by atoms with Crippen molar-refractivity contribution in [1.82, 2.24) is 10.4 Å². The second-order valence-electron chi connectivity index (χ2n) is 5.17. The van der Waals surface area contributed by atoms with E-state index in [-0.39, 0.29) is 5.91 Å². The van der Waals surface area contributed by atoms with Crippen LogP contribution in [0.4, 0.5) is 0 Å². The van der Waals surface area contributed by atoms with Crippen molar-refractivity contribution in [3.8, 4) is 0 Å². The molecule has 0 spiro atoms. The van der Waals surface area contributed by atoms with Gasteiger partial charge in [-0.1, -0.05) is 43.7 Å². The van der Waals surface area contributed by atoms with E-state index in [1.54, 1.807) is 5.06 Å². The van der Waals surface area contributed by atoms with Gasteiger partial charge in [0.25, 0.3) is 0 Å². The molecule has 4 heteroatoms. The van der Waals surface area contributed by atoms with Gasteiger partial charge >= 0.3 is 0 Å². The van der Waals surface area contributed by atoms with Gasteiger partial charge in [-0.15, -0.1) is 0 Å². The molecule has 1 aromatic carbocycles. The molecule has 0 aromatic heterocycles. The van der Waals surface area contributed by atoms with Gasteiger partial charge in [-0.05, 0) is 38.4 Å². The Kier molecular flexibility index (Phi) is 9.49. The van der Waals surface area contributed by atoms with Gasteiger partial charge in [0.15, 0.2) is 0 Å². The highest BCUT2D eigenvalue weighted by atomic mass is 16.7. The summed E-state index contributed by atoms with van der Waals surface area (Å²) in [7, 11) is 1.96. The summed E-state index contributed by atoms with van der Waals surface area (Å²) in [6.07, 6.45) is 4.61. The molecule has 1 aromatic rings. The molecule has 4 nitrogen and oxygen atoms in total. The summed E-state index contributed by atoms with van der Waals surface area (Å²) in [4.78, 5) is 17.8. The molecule has 118 valence electrons. The van der Waals surface area contributed by atoms with E-state index in [0.717, 1.165) is 37.8 Å². The number of hydrogen-bond acceptors (Lipinski definition) is 3. The van der Waals surface area contributed by atoms with Crippen LogP contribution in [0.15, 0.2) is 30.3 Å². The van der Waals surface area contributed by atoms with Gasteiger partial charge in [0.2, 0.25) is 5.91 Å². The quantitative estimate of drug-likeness (QED) is 0.503. The van der Waals surface area contributed by atoms with E-state index >= 15 is 0 Å². The lowest BCUT2D eigenvalue weighted by Crippen LogP contribution is -2.32. The first-order valence-electron chi connectivity index (χ1n) is 7.89. The molecule has 1 amide bonds. The summed E-state index contributed by atoms with van der Waals surface area (Å²) in [6, 6.07) is 9.96. The van der Waals surface area contributed by atoms with Crippen molar-refractivity contribution in [2.75, 3.05) is 20.1 Å². The summed E-state index contributed by atoms with van der Waals surface area (Å²) in [6.45, 7) is 4.16. The SMILES string of the molecule is CCCC(=O)N(CCCCCNC)OCc1ccccc1. The van der Waals surface area contributed by atoms with E-state index in [1.807, 2.05) is 44.3 Å². The van der Waals surface area contributed by atoms with Crippen molar-refractivity contribution in [2.45, 2.75) is 45.6 Å². The minimum absolute atomic E-state index is 0.0852. The zero-order valence-electron chi connectivity index (χ0n) is 13.3. The van der Waals surface area contributed by atoms with Crippen LogP contribution in [0, 0.1) is 0 Å². The van der Waals surface area contributed by atoms with Gasteiger partial charge in [0.1, 0.15) is 6.61 Å². The van der Waals surface area contributed by atoms with Gasteiger partial charge in [0, 0.05) is 13.0 Å². The molecule has 21 heavy (non-hydrogen) atoms. The van der Waals surface area contributed by atoms with Crippen LogP contribution < -0.4 is 5.32 Å². The number of carbonyl (C=O) groups excluding carboxylic acids is 1. The summed E-state index contributed by atoms with van der Waals surface area (Å²) in [5.74, 6) is 0.0852. The fraction of sp³-hybridized carbons (Fsp3) is 0.588. The summed E-state index contributed by atoms with van der Waals surface area (Å²) in [5.41, 5.74) is 1.09. The van der Waals surface area contributed by atoms with Crippen LogP contribution in [0.3, 0.4) is 0 Å².